The molecule has 1 saturated heterocycles. The van der Waals surface area contributed by atoms with Crippen LogP contribution in [-0.2, 0) is 16.1 Å². The Balaban J connectivity index is 2.08. The van der Waals surface area contributed by atoms with Crippen molar-refractivity contribution in [1.82, 2.24) is 14.5 Å². The summed E-state index contributed by atoms with van der Waals surface area (Å²) in [5.74, 6) is 1.77. The lowest BCUT2D eigenvalue weighted by molar-refractivity contribution is -0.133. The summed E-state index contributed by atoms with van der Waals surface area (Å²) >= 11 is 0. The van der Waals surface area contributed by atoms with E-state index in [0.29, 0.717) is 12.5 Å². The van der Waals surface area contributed by atoms with Gasteiger partial charge in [-0.2, -0.15) is 0 Å². The minimum Gasteiger partial charge on any atom is -0.383 e. The number of hydrogen-bond donors (Lipinski definition) is 0. The van der Waals surface area contributed by atoms with Crippen LogP contribution in [0.15, 0.2) is 6.20 Å². The lowest BCUT2D eigenvalue weighted by Gasteiger charge is -2.19. The van der Waals surface area contributed by atoms with E-state index in [4.69, 9.17) is 4.74 Å². The van der Waals surface area contributed by atoms with Gasteiger partial charge in [0.05, 0.1) is 6.61 Å². The van der Waals surface area contributed by atoms with Crippen molar-refractivity contribution in [3.8, 4) is 0 Å². The maximum Gasteiger partial charge on any atom is 0.225 e. The van der Waals surface area contributed by atoms with Crippen LogP contribution in [0.2, 0.25) is 0 Å². The fraction of sp³-hybridized carbons (Fsp3) is 0.733. The van der Waals surface area contributed by atoms with Gasteiger partial charge in [-0.25, -0.2) is 4.98 Å². The standard InChI is InChI=1S/C15H25N3O2/c1-11(2)15(19)17-6-5-13(10-17)14-16-9-12(3)18(14)7-8-20-4/h9,11,13H,5-8,10H2,1-4H3. The van der Waals surface area contributed by atoms with Gasteiger partial charge < -0.3 is 14.2 Å². The Morgan fingerprint density at radius 2 is 2.30 bits per heavy atom. The third-order valence-electron chi connectivity index (χ3n) is 3.96. The van der Waals surface area contributed by atoms with Crippen LogP contribution in [0.25, 0.3) is 0 Å². The van der Waals surface area contributed by atoms with Crippen molar-refractivity contribution in [3.05, 3.63) is 17.7 Å². The number of hydrogen-bond acceptors (Lipinski definition) is 3. The molecule has 1 amide bonds. The lowest BCUT2D eigenvalue weighted by atomic mass is 10.1. The summed E-state index contributed by atoms with van der Waals surface area (Å²) in [5, 5.41) is 0. The molecular formula is C15H25N3O2. The number of likely N-dealkylation sites (tertiary alicyclic amines) is 1. The first-order valence-corrected chi connectivity index (χ1v) is 7.34. The molecule has 1 aliphatic rings. The van der Waals surface area contributed by atoms with Gasteiger partial charge in [-0.3, -0.25) is 4.79 Å². The largest absolute Gasteiger partial charge is 0.383 e. The molecule has 1 unspecified atom stereocenters. The molecule has 0 aromatic carbocycles. The first-order valence-electron chi connectivity index (χ1n) is 7.34. The van der Waals surface area contributed by atoms with E-state index in [2.05, 4.69) is 16.5 Å². The van der Waals surface area contributed by atoms with Gasteiger partial charge in [0.2, 0.25) is 5.91 Å². The molecule has 2 heterocycles. The topological polar surface area (TPSA) is 47.4 Å². The average Bonchev–Trinajstić information content (AvgIpc) is 3.02. The molecule has 0 spiro atoms. The van der Waals surface area contributed by atoms with Gasteiger partial charge in [0, 0.05) is 50.5 Å². The molecular weight excluding hydrogens is 254 g/mol. The van der Waals surface area contributed by atoms with E-state index in [1.165, 1.54) is 0 Å². The molecule has 0 N–H and O–H groups in total. The maximum absolute atomic E-state index is 12.1. The minimum atomic E-state index is 0.0729. The minimum absolute atomic E-state index is 0.0729. The number of nitrogens with zero attached hydrogens (tertiary/aromatic N) is 3. The fourth-order valence-corrected chi connectivity index (χ4v) is 2.82. The van der Waals surface area contributed by atoms with Gasteiger partial charge in [-0.1, -0.05) is 13.8 Å². The predicted octanol–water partition coefficient (Wildman–Crippen LogP) is 1.81. The van der Waals surface area contributed by atoms with Crippen molar-refractivity contribution < 1.29 is 9.53 Å². The summed E-state index contributed by atoms with van der Waals surface area (Å²) in [6.07, 6.45) is 2.92. The molecule has 20 heavy (non-hydrogen) atoms. The Morgan fingerprint density at radius 3 is 2.95 bits per heavy atom. The normalized spacial score (nSPS) is 19.1. The summed E-state index contributed by atoms with van der Waals surface area (Å²) < 4.78 is 7.39. The Kier molecular flexibility index (Phi) is 4.81. The summed E-state index contributed by atoms with van der Waals surface area (Å²) in [5.41, 5.74) is 1.16. The summed E-state index contributed by atoms with van der Waals surface area (Å²) in [7, 11) is 1.71. The van der Waals surface area contributed by atoms with Crippen molar-refractivity contribution in [2.24, 2.45) is 5.92 Å². The van der Waals surface area contributed by atoms with Gasteiger partial charge in [0.25, 0.3) is 0 Å². The van der Waals surface area contributed by atoms with Crippen LogP contribution in [0, 0.1) is 12.8 Å². The molecule has 5 heteroatoms. The Labute approximate surface area is 120 Å². The van der Waals surface area contributed by atoms with Gasteiger partial charge in [0.15, 0.2) is 0 Å². The first-order chi connectivity index (χ1) is 9.54. The van der Waals surface area contributed by atoms with Crippen LogP contribution in [-0.4, -0.2) is 47.2 Å². The Morgan fingerprint density at radius 1 is 1.55 bits per heavy atom. The second-order valence-electron chi connectivity index (χ2n) is 5.83. The Hall–Kier alpha value is -1.36. The zero-order chi connectivity index (χ0) is 14.7. The van der Waals surface area contributed by atoms with Crippen LogP contribution in [0.1, 0.15) is 37.7 Å². The zero-order valence-corrected chi connectivity index (χ0v) is 12.9. The van der Waals surface area contributed by atoms with E-state index in [-0.39, 0.29) is 11.8 Å². The van der Waals surface area contributed by atoms with E-state index < -0.39 is 0 Å². The van der Waals surface area contributed by atoms with Gasteiger partial charge >= 0.3 is 0 Å². The highest BCUT2D eigenvalue weighted by Gasteiger charge is 2.31. The third kappa shape index (κ3) is 3.03. The van der Waals surface area contributed by atoms with Gasteiger partial charge in [0.1, 0.15) is 5.82 Å². The summed E-state index contributed by atoms with van der Waals surface area (Å²) in [4.78, 5) is 18.6. The third-order valence-corrected chi connectivity index (χ3v) is 3.96. The van der Waals surface area contributed by atoms with Crippen molar-refractivity contribution in [3.63, 3.8) is 0 Å². The number of carbonyl (C=O) groups is 1. The smallest absolute Gasteiger partial charge is 0.225 e. The van der Waals surface area contributed by atoms with E-state index in [1.807, 2.05) is 24.9 Å². The number of rotatable bonds is 5. The zero-order valence-electron chi connectivity index (χ0n) is 12.9. The lowest BCUT2D eigenvalue weighted by Crippen LogP contribution is -2.32. The molecule has 0 radical (unpaired) electrons. The number of aryl methyl sites for hydroxylation is 1. The molecule has 1 fully saturated rings. The van der Waals surface area contributed by atoms with E-state index in [9.17, 15) is 4.79 Å². The van der Waals surface area contributed by atoms with E-state index in [1.54, 1.807) is 7.11 Å². The molecule has 5 nitrogen and oxygen atoms in total. The second kappa shape index (κ2) is 6.39. The molecule has 1 atom stereocenters. The fourth-order valence-electron chi connectivity index (χ4n) is 2.82. The molecule has 1 aromatic heterocycles. The van der Waals surface area contributed by atoms with E-state index in [0.717, 1.165) is 37.6 Å². The van der Waals surface area contributed by atoms with Crippen molar-refractivity contribution in [1.29, 1.82) is 0 Å². The van der Waals surface area contributed by atoms with E-state index >= 15 is 0 Å². The Bertz CT molecular complexity index is 468. The molecule has 0 bridgehead atoms. The predicted molar refractivity (Wildman–Crippen MR) is 77.6 cm³/mol. The number of aromatic nitrogens is 2. The number of carbonyl (C=O) groups excluding carboxylic acids is 1. The number of methoxy groups -OCH3 is 1. The average molecular weight is 279 g/mol. The van der Waals surface area contributed by atoms with Crippen LogP contribution in [0.3, 0.4) is 0 Å². The molecule has 112 valence electrons. The second-order valence-corrected chi connectivity index (χ2v) is 5.83. The van der Waals surface area contributed by atoms with Gasteiger partial charge in [-0.15, -0.1) is 0 Å². The van der Waals surface area contributed by atoms with Crippen LogP contribution in [0.5, 0.6) is 0 Å². The number of ether oxygens (including phenoxy) is 1. The van der Waals surface area contributed by atoms with Crippen LogP contribution < -0.4 is 0 Å². The summed E-state index contributed by atoms with van der Waals surface area (Å²) in [6, 6.07) is 0. The van der Waals surface area contributed by atoms with Crippen LogP contribution >= 0.6 is 0 Å². The SMILES string of the molecule is COCCn1c(C)cnc1C1CCN(C(=O)C(C)C)C1. The molecule has 0 aliphatic carbocycles. The summed E-state index contributed by atoms with van der Waals surface area (Å²) in [6.45, 7) is 9.13. The monoisotopic (exact) mass is 279 g/mol. The number of amides is 1. The first kappa shape index (κ1) is 15.0. The van der Waals surface area contributed by atoms with Crippen molar-refractivity contribution >= 4 is 5.91 Å². The molecule has 1 aliphatic heterocycles. The highest BCUT2D eigenvalue weighted by atomic mass is 16.5. The van der Waals surface area contributed by atoms with Crippen LogP contribution in [0.4, 0.5) is 0 Å². The van der Waals surface area contributed by atoms with Gasteiger partial charge in [-0.05, 0) is 13.3 Å². The molecule has 0 saturated carbocycles. The van der Waals surface area contributed by atoms with Crippen molar-refractivity contribution in [2.75, 3.05) is 26.8 Å². The number of imidazole rings is 1. The highest BCUT2D eigenvalue weighted by molar-refractivity contribution is 5.78. The van der Waals surface area contributed by atoms with Crippen molar-refractivity contribution in [2.45, 2.75) is 39.7 Å². The highest BCUT2D eigenvalue weighted by Crippen LogP contribution is 2.27. The molecule has 2 rings (SSSR count). The maximum atomic E-state index is 12.1. The quantitative estimate of drug-likeness (QED) is 0.826. The molecule has 1 aromatic rings.